The van der Waals surface area contributed by atoms with E-state index in [1.54, 1.807) is 16.7 Å². The standard InChI is InChI=1S/C16H28N4O4/c1-4-24-16(23)20-9-7-19(8-10-20)15(22)13-11-12(13)14(21)17-5-6-18(2)3/h12-13H,4-11H2,1-3H3,(H,17,21). The molecule has 2 unspecified atom stereocenters. The van der Waals surface area contributed by atoms with Crippen molar-refractivity contribution in [1.29, 1.82) is 0 Å². The van der Waals surface area contributed by atoms with Gasteiger partial charge in [-0.2, -0.15) is 0 Å². The van der Waals surface area contributed by atoms with E-state index in [4.69, 9.17) is 4.74 Å². The van der Waals surface area contributed by atoms with E-state index in [0.717, 1.165) is 6.54 Å². The van der Waals surface area contributed by atoms with Crippen LogP contribution in [0.5, 0.6) is 0 Å². The maximum Gasteiger partial charge on any atom is 0.409 e. The number of ether oxygens (including phenoxy) is 1. The van der Waals surface area contributed by atoms with Gasteiger partial charge < -0.3 is 24.8 Å². The molecule has 0 aromatic carbocycles. The molecule has 0 radical (unpaired) electrons. The summed E-state index contributed by atoms with van der Waals surface area (Å²) in [5, 5.41) is 2.88. The van der Waals surface area contributed by atoms with Gasteiger partial charge in [0, 0.05) is 39.3 Å². The summed E-state index contributed by atoms with van der Waals surface area (Å²) in [5.41, 5.74) is 0. The molecular weight excluding hydrogens is 312 g/mol. The van der Waals surface area contributed by atoms with Crippen LogP contribution in [-0.2, 0) is 14.3 Å². The highest BCUT2D eigenvalue weighted by atomic mass is 16.6. The lowest BCUT2D eigenvalue weighted by atomic mass is 10.2. The van der Waals surface area contributed by atoms with Gasteiger partial charge in [0.05, 0.1) is 18.4 Å². The third-order valence-corrected chi connectivity index (χ3v) is 4.42. The Morgan fingerprint density at radius 1 is 1.08 bits per heavy atom. The van der Waals surface area contributed by atoms with E-state index < -0.39 is 0 Å². The quantitative estimate of drug-likeness (QED) is 0.712. The Hall–Kier alpha value is -1.83. The topological polar surface area (TPSA) is 82.2 Å². The molecule has 0 spiro atoms. The van der Waals surface area contributed by atoms with Gasteiger partial charge in [-0.05, 0) is 27.4 Å². The molecule has 3 amide bonds. The van der Waals surface area contributed by atoms with E-state index in [2.05, 4.69) is 5.32 Å². The number of nitrogens with one attached hydrogen (secondary N) is 1. The van der Waals surface area contributed by atoms with Crippen LogP contribution in [0.15, 0.2) is 0 Å². The van der Waals surface area contributed by atoms with Crippen LogP contribution in [0.1, 0.15) is 13.3 Å². The molecule has 8 nitrogen and oxygen atoms in total. The number of hydrogen-bond donors (Lipinski definition) is 1. The molecule has 1 heterocycles. The molecule has 2 rings (SSSR count). The van der Waals surface area contributed by atoms with Gasteiger partial charge in [-0.1, -0.05) is 0 Å². The smallest absolute Gasteiger partial charge is 0.409 e. The Labute approximate surface area is 143 Å². The third-order valence-electron chi connectivity index (χ3n) is 4.42. The summed E-state index contributed by atoms with van der Waals surface area (Å²) >= 11 is 0. The van der Waals surface area contributed by atoms with E-state index in [1.165, 1.54) is 0 Å². The minimum absolute atomic E-state index is 0.0274. The summed E-state index contributed by atoms with van der Waals surface area (Å²) in [6, 6.07) is 0. The molecule has 0 aromatic rings. The van der Waals surface area contributed by atoms with Gasteiger partial charge in [0.15, 0.2) is 0 Å². The van der Waals surface area contributed by atoms with Crippen molar-refractivity contribution in [2.45, 2.75) is 13.3 Å². The molecule has 8 heteroatoms. The molecule has 1 saturated heterocycles. The third kappa shape index (κ3) is 4.83. The molecule has 2 fully saturated rings. The van der Waals surface area contributed by atoms with Crippen LogP contribution in [0.2, 0.25) is 0 Å². The summed E-state index contributed by atoms with van der Waals surface area (Å²) in [4.78, 5) is 41.5. The fraction of sp³-hybridized carbons (Fsp3) is 0.812. The molecule has 1 aliphatic carbocycles. The van der Waals surface area contributed by atoms with E-state index in [1.807, 2.05) is 19.0 Å². The minimum atomic E-state index is -0.325. The molecule has 2 aliphatic rings. The first-order valence-corrected chi connectivity index (χ1v) is 8.57. The average Bonchev–Trinajstić information content (AvgIpc) is 3.35. The van der Waals surface area contributed by atoms with Crippen molar-refractivity contribution in [3.63, 3.8) is 0 Å². The Morgan fingerprint density at radius 2 is 1.71 bits per heavy atom. The maximum absolute atomic E-state index is 12.5. The Morgan fingerprint density at radius 3 is 2.29 bits per heavy atom. The zero-order valence-corrected chi connectivity index (χ0v) is 14.8. The molecule has 136 valence electrons. The molecule has 24 heavy (non-hydrogen) atoms. The van der Waals surface area contributed by atoms with Gasteiger partial charge in [-0.15, -0.1) is 0 Å². The van der Waals surface area contributed by atoms with Gasteiger partial charge in [-0.3, -0.25) is 9.59 Å². The second-order valence-corrected chi connectivity index (χ2v) is 6.55. The number of carbonyl (C=O) groups excluding carboxylic acids is 3. The molecular formula is C16H28N4O4. The maximum atomic E-state index is 12.5. The number of carbonyl (C=O) groups is 3. The van der Waals surface area contributed by atoms with Crippen LogP contribution in [0.4, 0.5) is 4.79 Å². The number of hydrogen-bond acceptors (Lipinski definition) is 5. The Bertz CT molecular complexity index is 475. The number of amides is 3. The van der Waals surface area contributed by atoms with Crippen LogP contribution < -0.4 is 5.32 Å². The predicted molar refractivity (Wildman–Crippen MR) is 88.3 cm³/mol. The van der Waals surface area contributed by atoms with Crippen LogP contribution in [0, 0.1) is 11.8 Å². The molecule has 1 aliphatic heterocycles. The highest BCUT2D eigenvalue weighted by molar-refractivity contribution is 5.92. The average molecular weight is 340 g/mol. The molecule has 1 N–H and O–H groups in total. The highest BCUT2D eigenvalue weighted by Crippen LogP contribution is 2.40. The van der Waals surface area contributed by atoms with Crippen molar-refractivity contribution >= 4 is 17.9 Å². The van der Waals surface area contributed by atoms with Crippen LogP contribution in [0.3, 0.4) is 0 Å². The number of nitrogens with zero attached hydrogens (tertiary/aromatic N) is 3. The molecule has 0 aromatic heterocycles. The highest BCUT2D eigenvalue weighted by Gasteiger charge is 2.49. The predicted octanol–water partition coefficient (Wildman–Crippen LogP) is -0.399. The first-order chi connectivity index (χ1) is 11.4. The van der Waals surface area contributed by atoms with Crippen molar-refractivity contribution in [2.24, 2.45) is 11.8 Å². The zero-order chi connectivity index (χ0) is 17.7. The largest absolute Gasteiger partial charge is 0.450 e. The molecule has 1 saturated carbocycles. The van der Waals surface area contributed by atoms with Gasteiger partial charge in [0.1, 0.15) is 0 Å². The molecule has 0 bridgehead atoms. The Balaban J connectivity index is 1.71. The monoisotopic (exact) mass is 340 g/mol. The van der Waals surface area contributed by atoms with E-state index in [9.17, 15) is 14.4 Å². The second kappa shape index (κ2) is 8.32. The van der Waals surface area contributed by atoms with E-state index in [-0.39, 0.29) is 29.7 Å². The lowest BCUT2D eigenvalue weighted by Gasteiger charge is -2.34. The minimum Gasteiger partial charge on any atom is -0.450 e. The van der Waals surface area contributed by atoms with Gasteiger partial charge in [0.2, 0.25) is 11.8 Å². The lowest BCUT2D eigenvalue weighted by Crippen LogP contribution is -2.51. The summed E-state index contributed by atoms with van der Waals surface area (Å²) in [5.74, 6) is -0.382. The number of likely N-dealkylation sites (N-methyl/N-ethyl adjacent to an activating group) is 1. The van der Waals surface area contributed by atoms with E-state index >= 15 is 0 Å². The molecule has 2 atom stereocenters. The van der Waals surface area contributed by atoms with Crippen molar-refractivity contribution in [3.8, 4) is 0 Å². The summed E-state index contributed by atoms with van der Waals surface area (Å²) < 4.78 is 4.97. The van der Waals surface area contributed by atoms with Gasteiger partial charge in [0.25, 0.3) is 0 Å². The fourth-order valence-corrected chi connectivity index (χ4v) is 2.85. The van der Waals surface area contributed by atoms with Crippen LogP contribution in [0.25, 0.3) is 0 Å². The number of piperazine rings is 1. The Kier molecular flexibility index (Phi) is 6.42. The van der Waals surface area contributed by atoms with E-state index in [0.29, 0.717) is 45.8 Å². The van der Waals surface area contributed by atoms with Crippen molar-refractivity contribution in [3.05, 3.63) is 0 Å². The number of rotatable bonds is 6. The lowest BCUT2D eigenvalue weighted by molar-refractivity contribution is -0.136. The van der Waals surface area contributed by atoms with Crippen molar-refractivity contribution < 1.29 is 19.1 Å². The van der Waals surface area contributed by atoms with Crippen LogP contribution >= 0.6 is 0 Å². The fourth-order valence-electron chi connectivity index (χ4n) is 2.85. The SMILES string of the molecule is CCOC(=O)N1CCN(C(=O)C2CC2C(=O)NCCN(C)C)CC1. The van der Waals surface area contributed by atoms with Crippen LogP contribution in [-0.4, -0.2) is 92.6 Å². The first-order valence-electron chi connectivity index (χ1n) is 8.57. The van der Waals surface area contributed by atoms with Crippen molar-refractivity contribution in [2.75, 3.05) is 60.0 Å². The first kappa shape index (κ1) is 18.5. The van der Waals surface area contributed by atoms with Gasteiger partial charge >= 0.3 is 6.09 Å². The zero-order valence-electron chi connectivity index (χ0n) is 14.8. The second-order valence-electron chi connectivity index (χ2n) is 6.55. The summed E-state index contributed by atoms with van der Waals surface area (Å²) in [6.45, 7) is 5.48. The summed E-state index contributed by atoms with van der Waals surface area (Å²) in [6.07, 6.45) is 0.305. The summed E-state index contributed by atoms with van der Waals surface area (Å²) in [7, 11) is 3.90. The van der Waals surface area contributed by atoms with Gasteiger partial charge in [-0.25, -0.2) is 4.79 Å². The van der Waals surface area contributed by atoms with Crippen molar-refractivity contribution in [1.82, 2.24) is 20.0 Å². The normalized spacial score (nSPS) is 23.2.